The molecule has 15 nitrogen and oxygen atoms in total. The molecule has 0 saturated carbocycles. The SMILES string of the molecule is CC(C)=CC[C@H](O)C1=CC(=O)c2c(O)ccc(O)c2C1=O.O=[N+]([O-])c1c(Cl)c(Cl)c(Cl)c(Cl)c1Cl.O=c1[nH]c(=O)n([C@H]2C[C@H](O)[C@@H](CO)O2)cc1F. The van der Waals surface area contributed by atoms with Crippen LogP contribution in [0.15, 0.2) is 51.2 Å². The summed E-state index contributed by atoms with van der Waals surface area (Å²) in [5.41, 5.74) is -2.06. The third-order valence-corrected chi connectivity index (χ3v) is 9.54. The van der Waals surface area contributed by atoms with Crippen molar-refractivity contribution in [3.63, 3.8) is 0 Å². The maximum atomic E-state index is 13.0. The maximum absolute atomic E-state index is 13.0. The Kier molecular flexibility index (Phi) is 14.6. The van der Waals surface area contributed by atoms with Gasteiger partial charge in [-0.3, -0.25) is 34.0 Å². The third kappa shape index (κ3) is 9.38. The van der Waals surface area contributed by atoms with E-state index < -0.39 is 70.4 Å². The molecule has 1 fully saturated rings. The van der Waals surface area contributed by atoms with E-state index in [2.05, 4.69) is 0 Å². The number of benzene rings is 2. The number of aromatic hydroxyl groups is 2. The summed E-state index contributed by atoms with van der Waals surface area (Å²) in [5.74, 6) is -3.12. The Hall–Kier alpha value is -3.84. The second-order valence-electron chi connectivity index (χ2n) is 11.1. The molecule has 1 aliphatic carbocycles. The van der Waals surface area contributed by atoms with E-state index in [1.165, 1.54) is 0 Å². The summed E-state index contributed by atoms with van der Waals surface area (Å²) in [6, 6.07) is 2.29. The van der Waals surface area contributed by atoms with E-state index in [0.717, 1.165) is 34.5 Å². The predicted molar refractivity (Wildman–Crippen MR) is 188 cm³/mol. The minimum atomic E-state index is -1.13. The van der Waals surface area contributed by atoms with Crippen LogP contribution in [0.5, 0.6) is 11.5 Å². The van der Waals surface area contributed by atoms with Gasteiger partial charge in [0, 0.05) is 12.0 Å². The third-order valence-electron chi connectivity index (χ3n) is 7.28. The Morgan fingerprint density at radius 3 is 2.08 bits per heavy atom. The van der Waals surface area contributed by atoms with Gasteiger partial charge in [0.15, 0.2) is 11.6 Å². The number of ketones is 2. The Morgan fingerprint density at radius 1 is 1.04 bits per heavy atom. The van der Waals surface area contributed by atoms with Crippen molar-refractivity contribution in [1.29, 1.82) is 0 Å². The largest absolute Gasteiger partial charge is 0.507 e. The molecule has 1 aromatic heterocycles. The van der Waals surface area contributed by atoms with Gasteiger partial charge in [0.25, 0.3) is 5.56 Å². The zero-order valence-corrected chi connectivity index (χ0v) is 30.4. The highest BCUT2D eigenvalue weighted by Crippen LogP contribution is 2.47. The number of hydrogen-bond acceptors (Lipinski definition) is 12. The molecule has 0 spiro atoms. The van der Waals surface area contributed by atoms with Crippen molar-refractivity contribution in [3.05, 3.63) is 115 Å². The number of aliphatic hydroxyl groups excluding tert-OH is 3. The van der Waals surface area contributed by atoms with Crippen molar-refractivity contribution in [2.75, 3.05) is 6.61 Å². The van der Waals surface area contributed by atoms with Crippen LogP contribution in [0.4, 0.5) is 10.1 Å². The Morgan fingerprint density at radius 2 is 1.58 bits per heavy atom. The zero-order chi connectivity index (χ0) is 39.4. The second-order valence-corrected chi connectivity index (χ2v) is 13.0. The number of halogens is 6. The lowest BCUT2D eigenvalue weighted by atomic mass is 9.85. The molecule has 1 saturated heterocycles. The summed E-state index contributed by atoms with van der Waals surface area (Å²) in [5, 5.41) is 57.3. The molecular formula is C31H27Cl5FN3O12. The van der Waals surface area contributed by atoms with E-state index in [1.807, 2.05) is 13.8 Å². The number of phenolic OH excluding ortho intramolecular Hbond substituents is 2. The van der Waals surface area contributed by atoms with E-state index in [1.54, 1.807) is 11.1 Å². The van der Waals surface area contributed by atoms with E-state index in [-0.39, 0.29) is 66.2 Å². The van der Waals surface area contributed by atoms with Crippen molar-refractivity contribution in [1.82, 2.24) is 9.55 Å². The number of rotatable bonds is 6. The van der Waals surface area contributed by atoms with E-state index in [0.29, 0.717) is 0 Å². The molecule has 0 radical (unpaired) electrons. The first kappa shape index (κ1) is 42.6. The summed E-state index contributed by atoms with van der Waals surface area (Å²) in [6.45, 7) is 3.31. The van der Waals surface area contributed by atoms with Crippen LogP contribution in [0.3, 0.4) is 0 Å². The number of carbonyl (C=O) groups is 2. The lowest BCUT2D eigenvalue weighted by Gasteiger charge is -2.20. The Bertz CT molecular complexity index is 2070. The molecule has 2 aliphatic rings. The lowest BCUT2D eigenvalue weighted by molar-refractivity contribution is -0.384. The highest BCUT2D eigenvalue weighted by molar-refractivity contribution is 6.56. The van der Waals surface area contributed by atoms with Gasteiger partial charge in [-0.05, 0) is 38.5 Å². The number of aromatic amines is 1. The van der Waals surface area contributed by atoms with Gasteiger partial charge in [0.05, 0.1) is 56.1 Å². The molecule has 2 heterocycles. The van der Waals surface area contributed by atoms with Gasteiger partial charge >= 0.3 is 11.4 Å². The Labute approximate surface area is 316 Å². The number of aromatic nitrogens is 2. The van der Waals surface area contributed by atoms with Crippen LogP contribution in [0.1, 0.15) is 53.6 Å². The molecular weight excluding hydrogens is 803 g/mol. The van der Waals surface area contributed by atoms with Crippen LogP contribution in [-0.2, 0) is 4.74 Å². The molecule has 0 unspecified atom stereocenters. The van der Waals surface area contributed by atoms with Gasteiger partial charge in [-0.1, -0.05) is 69.7 Å². The minimum Gasteiger partial charge on any atom is -0.507 e. The van der Waals surface area contributed by atoms with E-state index in [4.69, 9.17) is 67.8 Å². The first-order valence-electron chi connectivity index (χ1n) is 14.5. The van der Waals surface area contributed by atoms with Crippen LogP contribution in [-0.4, -0.2) is 76.5 Å². The van der Waals surface area contributed by atoms with Gasteiger partial charge in [-0.15, -0.1) is 0 Å². The summed E-state index contributed by atoms with van der Waals surface area (Å²) in [6.07, 6.45) is -0.0631. The number of aliphatic hydroxyl groups is 3. The highest BCUT2D eigenvalue weighted by Gasteiger charge is 2.36. The second kappa shape index (κ2) is 17.8. The average molecular weight is 830 g/mol. The summed E-state index contributed by atoms with van der Waals surface area (Å²) in [7, 11) is 0. The van der Waals surface area contributed by atoms with Crippen LogP contribution < -0.4 is 11.2 Å². The first-order chi connectivity index (χ1) is 24.2. The van der Waals surface area contributed by atoms with Gasteiger partial charge < -0.3 is 30.3 Å². The highest BCUT2D eigenvalue weighted by atomic mass is 35.5. The predicted octanol–water partition coefficient (Wildman–Crippen LogP) is 5.30. The number of allylic oxidation sites excluding steroid dienone is 2. The van der Waals surface area contributed by atoms with Crippen molar-refractivity contribution in [2.24, 2.45) is 0 Å². The molecule has 1 aliphatic heterocycles. The monoisotopic (exact) mass is 827 g/mol. The first-order valence-corrected chi connectivity index (χ1v) is 16.4. The quantitative estimate of drug-likeness (QED) is 0.0463. The summed E-state index contributed by atoms with van der Waals surface area (Å²) < 4.78 is 19.0. The number of fused-ring (bicyclic) bond motifs is 1. The summed E-state index contributed by atoms with van der Waals surface area (Å²) >= 11 is 27.9. The summed E-state index contributed by atoms with van der Waals surface area (Å²) in [4.78, 5) is 58.1. The van der Waals surface area contributed by atoms with E-state index >= 15 is 0 Å². The standard InChI is InChI=1S/C16H16O5.C9H11FN2O5.C6Cl5NO2/c1-8(2)3-4-10(17)9-7-13(20)14-11(18)5-6-12(19)15(14)16(9)21;10-4-2-12(9(16)11-8(4)15)7-1-5(14)6(3-13)17-7;7-1-2(8)4(10)6(12(13)14)5(11)3(1)9/h3,5-7,10,17-19H,4H2,1-2H3;2,5-7,13-14H,1,3H2,(H,11,15,16);/t10-;5-,6+,7+;/m00./s1. The van der Waals surface area contributed by atoms with Crippen molar-refractivity contribution in [2.45, 2.75) is 51.2 Å². The number of nitrogens with zero attached hydrogens (tertiary/aromatic N) is 2. The molecule has 3 aromatic rings. The lowest BCUT2D eigenvalue weighted by Crippen LogP contribution is -2.34. The molecule has 52 heavy (non-hydrogen) atoms. The van der Waals surface area contributed by atoms with Gasteiger partial charge in [0.2, 0.25) is 5.82 Å². The number of Topliss-reactive ketones (excluding diaryl/α,β-unsaturated/α-hetero) is 1. The van der Waals surface area contributed by atoms with Crippen molar-refractivity contribution < 1.29 is 49.2 Å². The van der Waals surface area contributed by atoms with Crippen LogP contribution >= 0.6 is 58.0 Å². The van der Waals surface area contributed by atoms with Gasteiger partial charge in [-0.25, -0.2) is 4.79 Å². The molecule has 6 N–H and O–H groups in total. The average Bonchev–Trinajstić information content (AvgIpc) is 3.46. The fourth-order valence-corrected chi connectivity index (χ4v) is 5.95. The van der Waals surface area contributed by atoms with Crippen LogP contribution in [0.2, 0.25) is 25.1 Å². The smallest absolute Gasteiger partial charge is 0.330 e. The van der Waals surface area contributed by atoms with Crippen molar-refractivity contribution >= 4 is 75.3 Å². The number of ether oxygens (including phenoxy) is 1. The molecule has 4 atom stereocenters. The molecule has 5 rings (SSSR count). The van der Waals surface area contributed by atoms with Crippen molar-refractivity contribution in [3.8, 4) is 11.5 Å². The van der Waals surface area contributed by atoms with Gasteiger partial charge in [-0.2, -0.15) is 4.39 Å². The van der Waals surface area contributed by atoms with E-state index in [9.17, 15) is 54.1 Å². The number of nitrogens with one attached hydrogen (secondary N) is 1. The molecule has 21 heteroatoms. The Balaban J connectivity index is 0.000000215. The fourth-order valence-electron chi connectivity index (χ4n) is 4.68. The van der Waals surface area contributed by atoms with Crippen LogP contribution in [0, 0.1) is 15.9 Å². The molecule has 280 valence electrons. The van der Waals surface area contributed by atoms with Gasteiger partial charge in [0.1, 0.15) is 33.9 Å². The number of phenols is 2. The molecule has 0 amide bonds. The number of nitro benzene ring substituents is 1. The normalized spacial score (nSPS) is 18.3. The fraction of sp³-hybridized carbons (Fsp3) is 0.290. The number of carbonyl (C=O) groups excluding carboxylic acids is 2. The van der Waals surface area contributed by atoms with Crippen LogP contribution in [0.25, 0.3) is 0 Å². The molecule has 0 bridgehead atoms. The number of hydrogen-bond donors (Lipinski definition) is 6. The zero-order valence-electron chi connectivity index (χ0n) is 26.6. The maximum Gasteiger partial charge on any atom is 0.330 e. The molecule has 2 aromatic carbocycles. The number of H-pyrrole nitrogens is 1. The minimum absolute atomic E-state index is 0.0383. The number of nitro groups is 1. The topological polar surface area (TPSA) is 243 Å².